The van der Waals surface area contributed by atoms with E-state index < -0.39 is 0 Å². The number of carbonyl (C=O) groups excluding carboxylic acids is 2. The Morgan fingerprint density at radius 2 is 1.63 bits per heavy atom. The van der Waals surface area contributed by atoms with Crippen LogP contribution in [-0.2, 0) is 9.53 Å². The number of nitrogens with one attached hydrogen (secondary N) is 1. The molecule has 8 atom stereocenters. The highest BCUT2D eigenvalue weighted by molar-refractivity contribution is 8.13. The SMILES string of the molecule is CCCCCCCCCCN(CCCC(=O)O[C@H]1CC[C@@]2(C)C(=CC[C@@H]3C2CC[C@]2(C)[C@@H]([C@H](C)CCCC(C)C)CC[C@@H]32)C1)C(=O)SCCNC. The van der Waals surface area contributed by atoms with Gasteiger partial charge in [0.2, 0.25) is 0 Å². The summed E-state index contributed by atoms with van der Waals surface area (Å²) in [6.07, 6.45) is 27.9. The Balaban J connectivity index is 1.23. The number of ether oxygens (including phenoxy) is 1. The van der Waals surface area contributed by atoms with Crippen LogP contribution in [0.1, 0.15) is 176 Å². The average Bonchev–Trinajstić information content (AvgIpc) is 3.46. The first kappa shape index (κ1) is 42.7. The minimum atomic E-state index is -0.0758. The fourth-order valence-electron chi connectivity index (χ4n) is 11.5. The van der Waals surface area contributed by atoms with E-state index in [2.05, 4.69) is 52.9 Å². The lowest BCUT2D eigenvalue weighted by Crippen LogP contribution is -2.51. The van der Waals surface area contributed by atoms with Crippen LogP contribution < -0.4 is 5.32 Å². The summed E-state index contributed by atoms with van der Waals surface area (Å²) in [5.74, 6) is 5.78. The number of allylic oxidation sites excluding steroid dienone is 1. The first-order chi connectivity index (χ1) is 24.5. The van der Waals surface area contributed by atoms with E-state index in [1.165, 1.54) is 108 Å². The molecule has 1 amide bonds. The maximum Gasteiger partial charge on any atom is 0.306 e. The molecular formula is C45H80N2O3S. The summed E-state index contributed by atoms with van der Waals surface area (Å²) in [5.41, 5.74) is 2.38. The molecule has 5 nitrogen and oxygen atoms in total. The third-order valence-corrected chi connectivity index (χ3v) is 15.4. The number of thioether (sulfide) groups is 1. The van der Waals surface area contributed by atoms with Crippen molar-refractivity contribution in [3.63, 3.8) is 0 Å². The van der Waals surface area contributed by atoms with E-state index in [9.17, 15) is 9.59 Å². The topological polar surface area (TPSA) is 58.6 Å². The van der Waals surface area contributed by atoms with Gasteiger partial charge in [0.25, 0.3) is 5.24 Å². The summed E-state index contributed by atoms with van der Waals surface area (Å²) < 4.78 is 6.17. The van der Waals surface area contributed by atoms with E-state index in [0.29, 0.717) is 24.8 Å². The zero-order valence-corrected chi connectivity index (χ0v) is 35.2. The Hall–Kier alpha value is -1.01. The first-order valence-electron chi connectivity index (χ1n) is 22.0. The molecule has 0 heterocycles. The van der Waals surface area contributed by atoms with Gasteiger partial charge in [-0.05, 0) is 111 Å². The predicted molar refractivity (Wildman–Crippen MR) is 218 cm³/mol. The normalized spacial score (nSPS) is 30.7. The van der Waals surface area contributed by atoms with Crippen LogP contribution in [0.15, 0.2) is 11.6 Å². The summed E-state index contributed by atoms with van der Waals surface area (Å²) in [6, 6.07) is 0. The Morgan fingerprint density at radius 1 is 0.902 bits per heavy atom. The molecule has 0 bridgehead atoms. The van der Waals surface area contributed by atoms with Gasteiger partial charge in [-0.2, -0.15) is 0 Å². The third-order valence-electron chi connectivity index (χ3n) is 14.5. The van der Waals surface area contributed by atoms with Crippen molar-refractivity contribution in [2.45, 2.75) is 182 Å². The summed E-state index contributed by atoms with van der Waals surface area (Å²) in [6.45, 7) is 17.1. The van der Waals surface area contributed by atoms with Gasteiger partial charge >= 0.3 is 5.97 Å². The molecule has 4 aliphatic rings. The molecule has 0 aromatic heterocycles. The average molecular weight is 729 g/mol. The number of rotatable bonds is 22. The van der Waals surface area contributed by atoms with E-state index in [4.69, 9.17) is 4.74 Å². The Kier molecular flexibility index (Phi) is 17.7. The quantitative estimate of drug-likeness (QED) is 0.0683. The smallest absolute Gasteiger partial charge is 0.306 e. The molecule has 0 aromatic rings. The van der Waals surface area contributed by atoms with Crippen molar-refractivity contribution in [3.8, 4) is 0 Å². The molecule has 3 saturated carbocycles. The number of hydrogen-bond acceptors (Lipinski definition) is 5. The fraction of sp³-hybridized carbons (Fsp3) is 0.911. The van der Waals surface area contributed by atoms with Crippen LogP contribution in [0.25, 0.3) is 0 Å². The molecule has 0 aromatic carbocycles. The van der Waals surface area contributed by atoms with Crippen molar-refractivity contribution in [3.05, 3.63) is 11.6 Å². The van der Waals surface area contributed by atoms with Crippen molar-refractivity contribution in [1.29, 1.82) is 0 Å². The fourth-order valence-corrected chi connectivity index (χ4v) is 12.3. The molecule has 1 unspecified atom stereocenters. The van der Waals surface area contributed by atoms with Gasteiger partial charge in [0.15, 0.2) is 0 Å². The maximum absolute atomic E-state index is 13.1. The van der Waals surface area contributed by atoms with E-state index in [1.54, 1.807) is 5.57 Å². The number of hydrogen-bond donors (Lipinski definition) is 1. The molecule has 3 fully saturated rings. The number of carbonyl (C=O) groups is 2. The molecule has 4 aliphatic carbocycles. The number of unbranched alkanes of at least 4 members (excludes halogenated alkanes) is 7. The lowest BCUT2D eigenvalue weighted by Gasteiger charge is -2.58. The van der Waals surface area contributed by atoms with Crippen LogP contribution in [0.3, 0.4) is 0 Å². The van der Waals surface area contributed by atoms with Gasteiger partial charge in [0.1, 0.15) is 6.10 Å². The second-order valence-electron chi connectivity index (χ2n) is 18.4. The molecular weight excluding hydrogens is 649 g/mol. The largest absolute Gasteiger partial charge is 0.462 e. The van der Waals surface area contributed by atoms with Crippen molar-refractivity contribution < 1.29 is 14.3 Å². The highest BCUT2D eigenvalue weighted by atomic mass is 32.2. The van der Waals surface area contributed by atoms with Gasteiger partial charge in [-0.3, -0.25) is 9.59 Å². The second kappa shape index (κ2) is 21.2. The Labute approximate surface area is 319 Å². The third kappa shape index (κ3) is 11.7. The lowest BCUT2D eigenvalue weighted by atomic mass is 9.47. The molecule has 0 radical (unpaired) electrons. The van der Waals surface area contributed by atoms with Gasteiger partial charge in [-0.15, -0.1) is 0 Å². The molecule has 0 spiro atoms. The molecule has 6 heteroatoms. The molecule has 4 rings (SSSR count). The number of nitrogens with zero attached hydrogens (tertiary/aromatic N) is 1. The Morgan fingerprint density at radius 3 is 2.35 bits per heavy atom. The van der Waals surface area contributed by atoms with Crippen LogP contribution in [-0.4, -0.2) is 54.6 Å². The predicted octanol–water partition coefficient (Wildman–Crippen LogP) is 12.2. The van der Waals surface area contributed by atoms with Crippen LogP contribution in [0.4, 0.5) is 4.79 Å². The molecule has 1 N–H and O–H groups in total. The highest BCUT2D eigenvalue weighted by Crippen LogP contribution is 2.67. The van der Waals surface area contributed by atoms with E-state index in [-0.39, 0.29) is 22.7 Å². The van der Waals surface area contributed by atoms with Crippen LogP contribution in [0.5, 0.6) is 0 Å². The van der Waals surface area contributed by atoms with Gasteiger partial charge < -0.3 is 15.0 Å². The molecule has 294 valence electrons. The van der Waals surface area contributed by atoms with Gasteiger partial charge in [0, 0.05) is 38.2 Å². The van der Waals surface area contributed by atoms with Gasteiger partial charge in [-0.25, -0.2) is 0 Å². The standard InChI is InChI=1S/C45H80N2O3S/c1-8-9-10-11-12-13-14-15-30-47(43(49)51-32-29-46-7)31-17-20-42(48)50-37-25-27-44(5)36(33-37)21-22-38-40-24-23-39(35(4)19-16-18-34(2)3)45(40,6)28-26-41(38)44/h21,34-35,37-41,46H,8-20,22-33H2,1-7H3/t35-,37+,38+,39-,40+,41?,44+,45-/m1/s1. The van der Waals surface area contributed by atoms with Crippen molar-refractivity contribution >= 4 is 23.0 Å². The molecule has 51 heavy (non-hydrogen) atoms. The van der Waals surface area contributed by atoms with Gasteiger partial charge in [0.05, 0.1) is 0 Å². The van der Waals surface area contributed by atoms with E-state index >= 15 is 0 Å². The van der Waals surface area contributed by atoms with Gasteiger partial charge in [-0.1, -0.05) is 129 Å². The summed E-state index contributed by atoms with van der Waals surface area (Å²) >= 11 is 1.40. The zero-order chi connectivity index (χ0) is 36.9. The van der Waals surface area contributed by atoms with Crippen molar-refractivity contribution in [1.82, 2.24) is 10.2 Å². The van der Waals surface area contributed by atoms with Crippen LogP contribution in [0, 0.1) is 46.3 Å². The van der Waals surface area contributed by atoms with Crippen LogP contribution in [0.2, 0.25) is 0 Å². The second-order valence-corrected chi connectivity index (χ2v) is 19.5. The summed E-state index contributed by atoms with van der Waals surface area (Å²) in [7, 11) is 1.93. The summed E-state index contributed by atoms with van der Waals surface area (Å²) in [5, 5.41) is 3.30. The monoisotopic (exact) mass is 729 g/mol. The highest BCUT2D eigenvalue weighted by Gasteiger charge is 2.59. The number of fused-ring (bicyclic) bond motifs is 5. The van der Waals surface area contributed by atoms with E-state index in [0.717, 1.165) is 80.0 Å². The molecule has 0 saturated heterocycles. The number of esters is 1. The van der Waals surface area contributed by atoms with E-state index in [1.807, 2.05) is 11.9 Å². The lowest BCUT2D eigenvalue weighted by molar-refractivity contribution is -0.151. The van der Waals surface area contributed by atoms with Crippen molar-refractivity contribution in [2.75, 3.05) is 32.4 Å². The minimum Gasteiger partial charge on any atom is -0.462 e. The number of amides is 1. The summed E-state index contributed by atoms with van der Waals surface area (Å²) in [4.78, 5) is 28.2. The zero-order valence-electron chi connectivity index (χ0n) is 34.4. The maximum atomic E-state index is 13.1. The molecule has 0 aliphatic heterocycles. The minimum absolute atomic E-state index is 0.0111. The first-order valence-corrected chi connectivity index (χ1v) is 23.0. The van der Waals surface area contributed by atoms with Crippen molar-refractivity contribution in [2.24, 2.45) is 46.3 Å². The Bertz CT molecular complexity index is 1090. The van der Waals surface area contributed by atoms with Crippen LogP contribution >= 0.6 is 11.8 Å².